The van der Waals surface area contributed by atoms with E-state index in [-0.39, 0.29) is 23.7 Å². The maximum absolute atomic E-state index is 14.5. The Morgan fingerprint density at radius 1 is 1.06 bits per heavy atom. The number of rotatable bonds is 4. The molecule has 7 nitrogen and oxygen atoms in total. The lowest BCUT2D eigenvalue weighted by Gasteiger charge is -2.33. The number of anilines is 1. The summed E-state index contributed by atoms with van der Waals surface area (Å²) in [5.41, 5.74) is 0.959. The van der Waals surface area contributed by atoms with Gasteiger partial charge in [-0.15, -0.1) is 10.2 Å². The van der Waals surface area contributed by atoms with E-state index in [4.69, 9.17) is 0 Å². The van der Waals surface area contributed by atoms with Crippen LogP contribution >= 0.6 is 0 Å². The fourth-order valence-corrected chi connectivity index (χ4v) is 4.37. The van der Waals surface area contributed by atoms with Crippen LogP contribution in [0, 0.1) is 5.82 Å². The topological polar surface area (TPSA) is 79.5 Å². The largest absolute Gasteiger partial charge is 0.470 e. The van der Waals surface area contributed by atoms with E-state index in [1.165, 1.54) is 40.1 Å². The number of carbonyl (C=O) groups is 1. The predicted molar refractivity (Wildman–Crippen MR) is 112 cm³/mol. The first-order valence-electron chi connectivity index (χ1n) is 9.88. The zero-order valence-corrected chi connectivity index (χ0v) is 17.9. The van der Waals surface area contributed by atoms with E-state index in [0.29, 0.717) is 30.2 Å². The van der Waals surface area contributed by atoms with E-state index in [2.05, 4.69) is 14.6 Å². The van der Waals surface area contributed by atoms with Crippen molar-refractivity contribution in [2.24, 2.45) is 0 Å². The minimum atomic E-state index is -4.74. The quantitative estimate of drug-likeness (QED) is 0.524. The zero-order valence-electron chi connectivity index (χ0n) is 17.1. The van der Waals surface area contributed by atoms with E-state index in [1.54, 1.807) is 18.2 Å². The summed E-state index contributed by atoms with van der Waals surface area (Å²) in [6.07, 6.45) is -4.74. The third-order valence-corrected chi connectivity index (χ3v) is 6.31. The standard InChI is InChI=1S/C21H18F4N4O3S/c22-16-3-1-2-4-17(16)29(20(30)28-9-11-33(31)12-10-28)13-14-5-7-15(8-6-14)18-26-27-19(32-18)21(23,24)25/h1-8H,9-13H2. The number of halogens is 4. The van der Waals surface area contributed by atoms with Gasteiger partial charge in [0.05, 0.1) is 12.2 Å². The van der Waals surface area contributed by atoms with Gasteiger partial charge in [-0.05, 0) is 29.8 Å². The Labute approximate surface area is 188 Å². The highest BCUT2D eigenvalue weighted by molar-refractivity contribution is 7.85. The molecule has 0 N–H and O–H groups in total. The number of hydrogen-bond donors (Lipinski definition) is 0. The van der Waals surface area contributed by atoms with Gasteiger partial charge in [0.2, 0.25) is 5.89 Å². The number of carbonyl (C=O) groups excluding carboxylic acids is 1. The number of amides is 2. The number of benzene rings is 2. The zero-order chi connectivity index (χ0) is 23.6. The molecule has 1 aliphatic heterocycles. The lowest BCUT2D eigenvalue weighted by atomic mass is 10.1. The molecule has 0 spiro atoms. The molecule has 2 amide bonds. The third kappa shape index (κ3) is 5.21. The average molecular weight is 482 g/mol. The fraction of sp³-hybridized carbons (Fsp3) is 0.286. The van der Waals surface area contributed by atoms with Gasteiger partial charge >= 0.3 is 18.1 Å². The molecule has 1 saturated heterocycles. The van der Waals surface area contributed by atoms with Crippen LogP contribution in [-0.4, -0.2) is 49.9 Å². The second-order valence-corrected chi connectivity index (χ2v) is 8.96. The first-order chi connectivity index (χ1) is 15.7. The highest BCUT2D eigenvalue weighted by atomic mass is 32.2. The van der Waals surface area contributed by atoms with Gasteiger partial charge in [-0.2, -0.15) is 13.2 Å². The number of aromatic nitrogens is 2. The van der Waals surface area contributed by atoms with Crippen molar-refractivity contribution in [2.45, 2.75) is 12.7 Å². The molecule has 0 unspecified atom stereocenters. The lowest BCUT2D eigenvalue weighted by Crippen LogP contribution is -2.48. The SMILES string of the molecule is O=C(N1CCS(=O)CC1)N(Cc1ccc(-c2nnc(C(F)(F)F)o2)cc1)c1ccccc1F. The molecule has 4 rings (SSSR count). The van der Waals surface area contributed by atoms with Crippen LogP contribution in [0.4, 0.5) is 28.0 Å². The Balaban J connectivity index is 1.57. The van der Waals surface area contributed by atoms with E-state index in [9.17, 15) is 26.6 Å². The maximum Gasteiger partial charge on any atom is 0.470 e. The molecule has 0 radical (unpaired) electrons. The summed E-state index contributed by atoms with van der Waals surface area (Å²) < 4.78 is 68.9. The minimum Gasteiger partial charge on any atom is -0.413 e. The summed E-state index contributed by atoms with van der Waals surface area (Å²) in [5, 5.41) is 6.42. The van der Waals surface area contributed by atoms with Crippen LogP contribution in [0.2, 0.25) is 0 Å². The van der Waals surface area contributed by atoms with Gasteiger partial charge < -0.3 is 9.32 Å². The van der Waals surface area contributed by atoms with Crippen molar-refractivity contribution >= 4 is 22.5 Å². The summed E-state index contributed by atoms with van der Waals surface area (Å²) in [6, 6.07) is 11.6. The number of para-hydroxylation sites is 1. The molecular formula is C21H18F4N4O3S. The van der Waals surface area contributed by atoms with Crippen molar-refractivity contribution < 1.29 is 31.0 Å². The van der Waals surface area contributed by atoms with E-state index < -0.39 is 34.7 Å². The van der Waals surface area contributed by atoms with Gasteiger partial charge in [-0.3, -0.25) is 9.11 Å². The summed E-state index contributed by atoms with van der Waals surface area (Å²) in [4.78, 5) is 16.0. The Morgan fingerprint density at radius 3 is 2.33 bits per heavy atom. The Morgan fingerprint density at radius 2 is 1.73 bits per heavy atom. The van der Waals surface area contributed by atoms with E-state index in [1.807, 2.05) is 0 Å². The lowest BCUT2D eigenvalue weighted by molar-refractivity contribution is -0.156. The van der Waals surface area contributed by atoms with Crippen LogP contribution in [0.5, 0.6) is 0 Å². The molecule has 33 heavy (non-hydrogen) atoms. The molecule has 0 bridgehead atoms. The first-order valence-corrected chi connectivity index (χ1v) is 11.4. The molecule has 0 atom stereocenters. The second kappa shape index (κ2) is 9.30. The maximum atomic E-state index is 14.5. The summed E-state index contributed by atoms with van der Waals surface area (Å²) in [5.74, 6) is -1.60. The van der Waals surface area contributed by atoms with Crippen LogP contribution in [-0.2, 0) is 23.5 Å². The van der Waals surface area contributed by atoms with Crippen molar-refractivity contribution in [3.8, 4) is 11.5 Å². The highest BCUT2D eigenvalue weighted by Gasteiger charge is 2.38. The number of nitrogens with zero attached hydrogens (tertiary/aromatic N) is 4. The molecule has 12 heteroatoms. The Kier molecular flexibility index (Phi) is 6.45. The van der Waals surface area contributed by atoms with Crippen LogP contribution in [0.3, 0.4) is 0 Å². The minimum absolute atomic E-state index is 0.0112. The molecule has 3 aromatic rings. The van der Waals surface area contributed by atoms with E-state index in [0.717, 1.165) is 0 Å². The fourth-order valence-electron chi connectivity index (χ4n) is 3.32. The van der Waals surface area contributed by atoms with Gasteiger partial charge in [0.25, 0.3) is 0 Å². The molecule has 1 aromatic heterocycles. The average Bonchev–Trinajstić information content (AvgIpc) is 3.30. The normalized spacial score (nSPS) is 15.0. The molecule has 0 saturated carbocycles. The smallest absolute Gasteiger partial charge is 0.413 e. The van der Waals surface area contributed by atoms with Gasteiger partial charge in [0, 0.05) is 41.0 Å². The van der Waals surface area contributed by atoms with E-state index >= 15 is 0 Å². The van der Waals surface area contributed by atoms with Crippen molar-refractivity contribution in [1.29, 1.82) is 0 Å². The molecule has 1 fully saturated rings. The number of urea groups is 1. The van der Waals surface area contributed by atoms with Crippen LogP contribution in [0.1, 0.15) is 11.5 Å². The molecular weight excluding hydrogens is 464 g/mol. The van der Waals surface area contributed by atoms with Gasteiger partial charge in [0.15, 0.2) is 0 Å². The summed E-state index contributed by atoms with van der Waals surface area (Å²) >= 11 is 0. The van der Waals surface area contributed by atoms with Gasteiger partial charge in [-0.25, -0.2) is 9.18 Å². The number of hydrogen-bond acceptors (Lipinski definition) is 5. The summed E-state index contributed by atoms with van der Waals surface area (Å²) in [7, 11) is -0.979. The first kappa shape index (κ1) is 22.9. The Bertz CT molecular complexity index is 1160. The van der Waals surface area contributed by atoms with Crippen LogP contribution in [0.15, 0.2) is 52.9 Å². The molecule has 1 aliphatic rings. The van der Waals surface area contributed by atoms with Crippen molar-refractivity contribution in [3.05, 3.63) is 65.8 Å². The van der Waals surface area contributed by atoms with Crippen LogP contribution < -0.4 is 4.90 Å². The second-order valence-electron chi connectivity index (χ2n) is 7.26. The molecule has 0 aliphatic carbocycles. The highest BCUT2D eigenvalue weighted by Crippen LogP contribution is 2.30. The third-order valence-electron chi connectivity index (χ3n) is 5.03. The van der Waals surface area contributed by atoms with Gasteiger partial charge in [0.1, 0.15) is 5.82 Å². The Hall–Kier alpha value is -3.28. The van der Waals surface area contributed by atoms with Gasteiger partial charge in [-0.1, -0.05) is 24.3 Å². The predicted octanol–water partition coefficient (Wildman–Crippen LogP) is 4.09. The molecule has 174 valence electrons. The number of alkyl halides is 3. The molecule has 2 heterocycles. The molecule has 2 aromatic carbocycles. The summed E-state index contributed by atoms with van der Waals surface area (Å²) in [6.45, 7) is 0.610. The monoisotopic (exact) mass is 482 g/mol. The van der Waals surface area contributed by atoms with Crippen LogP contribution in [0.25, 0.3) is 11.5 Å². The van der Waals surface area contributed by atoms with Crippen molar-refractivity contribution in [1.82, 2.24) is 15.1 Å². The van der Waals surface area contributed by atoms with Crippen molar-refractivity contribution in [2.75, 3.05) is 29.5 Å². The van der Waals surface area contributed by atoms with Crippen molar-refractivity contribution in [3.63, 3.8) is 0 Å².